The Morgan fingerprint density at radius 2 is 1.95 bits per heavy atom. The number of nitrogens with zero attached hydrogens (tertiary/aromatic N) is 1. The minimum Gasteiger partial charge on any atom is -0.330 e. The third kappa shape index (κ3) is 3.80. The zero-order valence-electron chi connectivity index (χ0n) is 11.6. The fraction of sp³-hybridized carbons (Fsp3) is 0.562. The number of hydrogen-bond donors (Lipinski definition) is 1. The van der Waals surface area contributed by atoms with Crippen LogP contribution in [0.15, 0.2) is 24.3 Å². The lowest BCUT2D eigenvalue weighted by Gasteiger charge is -2.29. The van der Waals surface area contributed by atoms with E-state index in [-0.39, 0.29) is 5.91 Å². The van der Waals surface area contributed by atoms with Crippen molar-refractivity contribution >= 4 is 11.6 Å². The van der Waals surface area contributed by atoms with Crippen molar-refractivity contribution in [3.8, 4) is 0 Å². The number of rotatable bonds is 6. The highest BCUT2D eigenvalue weighted by Gasteiger charge is 2.21. The second-order valence-corrected chi connectivity index (χ2v) is 5.23. The van der Waals surface area contributed by atoms with Crippen molar-refractivity contribution in [3.63, 3.8) is 0 Å². The van der Waals surface area contributed by atoms with Crippen molar-refractivity contribution in [2.45, 2.75) is 44.9 Å². The molecule has 2 rings (SSSR count). The molecule has 0 atom stereocenters. The predicted molar refractivity (Wildman–Crippen MR) is 79.3 cm³/mol. The number of benzene rings is 1. The number of carbonyl (C=O) groups is 1. The van der Waals surface area contributed by atoms with Gasteiger partial charge in [0.15, 0.2) is 0 Å². The van der Waals surface area contributed by atoms with Crippen LogP contribution in [-0.4, -0.2) is 19.0 Å². The van der Waals surface area contributed by atoms with Gasteiger partial charge in [0, 0.05) is 18.7 Å². The van der Waals surface area contributed by atoms with E-state index in [1.54, 1.807) is 0 Å². The monoisotopic (exact) mass is 260 g/mol. The van der Waals surface area contributed by atoms with Crippen LogP contribution in [-0.2, 0) is 11.2 Å². The number of aryl methyl sites for hydroxylation is 1. The summed E-state index contributed by atoms with van der Waals surface area (Å²) < 4.78 is 0. The Labute approximate surface area is 115 Å². The SMILES string of the molecule is NCCCCCCC(=O)N1CCCc2ccccc21. The maximum atomic E-state index is 12.3. The van der Waals surface area contributed by atoms with E-state index < -0.39 is 0 Å². The zero-order valence-corrected chi connectivity index (χ0v) is 11.6. The van der Waals surface area contributed by atoms with Crippen LogP contribution in [0, 0.1) is 0 Å². The maximum absolute atomic E-state index is 12.3. The molecule has 1 heterocycles. The molecular weight excluding hydrogens is 236 g/mol. The first-order chi connectivity index (χ1) is 9.33. The molecule has 0 saturated carbocycles. The molecule has 0 spiro atoms. The molecule has 0 radical (unpaired) electrons. The van der Waals surface area contributed by atoms with E-state index in [1.165, 1.54) is 5.56 Å². The van der Waals surface area contributed by atoms with Gasteiger partial charge in [0.1, 0.15) is 0 Å². The van der Waals surface area contributed by atoms with Crippen molar-refractivity contribution in [1.29, 1.82) is 0 Å². The van der Waals surface area contributed by atoms with Crippen molar-refractivity contribution in [2.24, 2.45) is 5.73 Å². The number of nitrogens with two attached hydrogens (primary N) is 1. The van der Waals surface area contributed by atoms with Gasteiger partial charge in [-0.15, -0.1) is 0 Å². The first kappa shape index (κ1) is 14.1. The molecule has 19 heavy (non-hydrogen) atoms. The molecule has 2 N–H and O–H groups in total. The summed E-state index contributed by atoms with van der Waals surface area (Å²) in [6, 6.07) is 8.28. The van der Waals surface area contributed by atoms with E-state index in [9.17, 15) is 4.79 Å². The summed E-state index contributed by atoms with van der Waals surface area (Å²) in [5.41, 5.74) is 7.90. The Bertz CT molecular complexity index is 417. The number of para-hydroxylation sites is 1. The van der Waals surface area contributed by atoms with Gasteiger partial charge in [-0.3, -0.25) is 4.79 Å². The van der Waals surface area contributed by atoms with E-state index in [1.807, 2.05) is 11.0 Å². The van der Waals surface area contributed by atoms with Crippen LogP contribution in [0.25, 0.3) is 0 Å². The summed E-state index contributed by atoms with van der Waals surface area (Å²) in [6.45, 7) is 1.63. The molecule has 1 aliphatic heterocycles. The van der Waals surface area contributed by atoms with E-state index in [0.717, 1.165) is 57.3 Å². The molecule has 0 aliphatic carbocycles. The molecule has 1 aromatic carbocycles. The lowest BCUT2D eigenvalue weighted by Crippen LogP contribution is -2.35. The first-order valence-electron chi connectivity index (χ1n) is 7.41. The normalized spacial score (nSPS) is 14.3. The third-order valence-electron chi connectivity index (χ3n) is 3.76. The highest BCUT2D eigenvalue weighted by Crippen LogP contribution is 2.27. The second kappa shape index (κ2) is 7.29. The van der Waals surface area contributed by atoms with Crippen LogP contribution in [0.3, 0.4) is 0 Å². The van der Waals surface area contributed by atoms with Crippen molar-refractivity contribution in [3.05, 3.63) is 29.8 Å². The molecular formula is C16H24N2O. The molecule has 0 aromatic heterocycles. The zero-order chi connectivity index (χ0) is 13.5. The fourth-order valence-corrected chi connectivity index (χ4v) is 2.70. The van der Waals surface area contributed by atoms with Crippen molar-refractivity contribution < 1.29 is 4.79 Å². The average Bonchev–Trinajstić information content (AvgIpc) is 2.46. The number of amides is 1. The standard InChI is InChI=1S/C16H24N2O/c17-12-6-2-1-3-11-16(19)18-13-7-9-14-8-4-5-10-15(14)18/h4-5,8,10H,1-3,6-7,9,11-13,17H2. The smallest absolute Gasteiger partial charge is 0.226 e. The van der Waals surface area contributed by atoms with Gasteiger partial charge < -0.3 is 10.6 Å². The van der Waals surface area contributed by atoms with Gasteiger partial charge in [0.05, 0.1) is 0 Å². The lowest BCUT2D eigenvalue weighted by molar-refractivity contribution is -0.118. The summed E-state index contributed by atoms with van der Waals surface area (Å²) in [6.07, 6.45) is 7.14. The van der Waals surface area contributed by atoms with Gasteiger partial charge in [0.25, 0.3) is 0 Å². The summed E-state index contributed by atoms with van der Waals surface area (Å²) in [5, 5.41) is 0. The second-order valence-electron chi connectivity index (χ2n) is 5.23. The Hall–Kier alpha value is -1.35. The van der Waals surface area contributed by atoms with Crippen LogP contribution >= 0.6 is 0 Å². The van der Waals surface area contributed by atoms with Gasteiger partial charge in [-0.25, -0.2) is 0 Å². The first-order valence-corrected chi connectivity index (χ1v) is 7.41. The van der Waals surface area contributed by atoms with Crippen LogP contribution in [0.1, 0.15) is 44.1 Å². The molecule has 0 fully saturated rings. The van der Waals surface area contributed by atoms with E-state index in [2.05, 4.69) is 18.2 Å². The van der Waals surface area contributed by atoms with Gasteiger partial charge in [-0.1, -0.05) is 31.0 Å². The molecule has 3 heteroatoms. The molecule has 0 bridgehead atoms. The minimum absolute atomic E-state index is 0.278. The van der Waals surface area contributed by atoms with Crippen LogP contribution in [0.5, 0.6) is 0 Å². The molecule has 104 valence electrons. The van der Waals surface area contributed by atoms with Crippen LogP contribution < -0.4 is 10.6 Å². The quantitative estimate of drug-likeness (QED) is 0.799. The highest BCUT2D eigenvalue weighted by molar-refractivity contribution is 5.94. The summed E-state index contributed by atoms with van der Waals surface area (Å²) in [4.78, 5) is 14.3. The van der Waals surface area contributed by atoms with Crippen LogP contribution in [0.4, 0.5) is 5.69 Å². The Morgan fingerprint density at radius 1 is 1.16 bits per heavy atom. The number of hydrogen-bond acceptors (Lipinski definition) is 2. The summed E-state index contributed by atoms with van der Waals surface area (Å²) in [7, 11) is 0. The molecule has 1 aliphatic rings. The Morgan fingerprint density at radius 3 is 2.79 bits per heavy atom. The Balaban J connectivity index is 1.86. The highest BCUT2D eigenvalue weighted by atomic mass is 16.2. The van der Waals surface area contributed by atoms with Crippen molar-refractivity contribution in [1.82, 2.24) is 0 Å². The van der Waals surface area contributed by atoms with Crippen LogP contribution in [0.2, 0.25) is 0 Å². The minimum atomic E-state index is 0.278. The molecule has 0 saturated heterocycles. The topological polar surface area (TPSA) is 46.3 Å². The molecule has 3 nitrogen and oxygen atoms in total. The average molecular weight is 260 g/mol. The van der Waals surface area contributed by atoms with E-state index in [0.29, 0.717) is 6.42 Å². The molecule has 0 unspecified atom stereocenters. The summed E-state index contributed by atoms with van der Waals surface area (Å²) >= 11 is 0. The number of fused-ring (bicyclic) bond motifs is 1. The number of anilines is 1. The number of carbonyl (C=O) groups excluding carboxylic acids is 1. The van der Waals surface area contributed by atoms with Gasteiger partial charge in [-0.2, -0.15) is 0 Å². The third-order valence-corrected chi connectivity index (χ3v) is 3.76. The van der Waals surface area contributed by atoms with Crippen molar-refractivity contribution in [2.75, 3.05) is 18.0 Å². The van der Waals surface area contributed by atoms with E-state index >= 15 is 0 Å². The predicted octanol–water partition coefficient (Wildman–Crippen LogP) is 2.88. The Kier molecular flexibility index (Phi) is 5.40. The van der Waals surface area contributed by atoms with Gasteiger partial charge in [0.2, 0.25) is 5.91 Å². The fourth-order valence-electron chi connectivity index (χ4n) is 2.70. The van der Waals surface area contributed by atoms with E-state index in [4.69, 9.17) is 5.73 Å². The summed E-state index contributed by atoms with van der Waals surface area (Å²) in [5.74, 6) is 0.278. The lowest BCUT2D eigenvalue weighted by atomic mass is 10.0. The van der Waals surface area contributed by atoms with Gasteiger partial charge >= 0.3 is 0 Å². The van der Waals surface area contributed by atoms with Gasteiger partial charge in [-0.05, 0) is 43.9 Å². The molecule has 1 aromatic rings. The maximum Gasteiger partial charge on any atom is 0.226 e. The number of unbranched alkanes of at least 4 members (excludes halogenated alkanes) is 3. The largest absolute Gasteiger partial charge is 0.330 e. The molecule has 1 amide bonds.